The van der Waals surface area contributed by atoms with E-state index in [9.17, 15) is 39.3 Å². The molecule has 28 heavy (non-hydrogen) atoms. The van der Waals surface area contributed by atoms with Crippen molar-refractivity contribution in [2.75, 3.05) is 5.75 Å². The number of hydrogen-bond acceptors (Lipinski definition) is 3. The Morgan fingerprint density at radius 1 is 1.11 bits per heavy atom. The van der Waals surface area contributed by atoms with Crippen molar-refractivity contribution in [3.05, 3.63) is 35.5 Å². The summed E-state index contributed by atoms with van der Waals surface area (Å²) < 4.78 is 115. The number of halogens is 8. The minimum Gasteiger partial charge on any atom is -0.267 e. The molecular formula is C15H9F8N3OS. The standard InChI is InChI=1S/C15H9F8N3OS/c1-26-10(5-12(25-26)14(19,20)15(21,22)23)8-2-3-9(6-24)11(4-8)28(27)7-13(16,17)18/h2-5H,7H2,1H3. The normalized spacial score (nSPS) is 14.0. The van der Waals surface area contributed by atoms with Gasteiger partial charge < -0.3 is 0 Å². The van der Waals surface area contributed by atoms with Crippen LogP contribution in [0.4, 0.5) is 35.1 Å². The third-order valence-electron chi connectivity index (χ3n) is 3.50. The van der Waals surface area contributed by atoms with Gasteiger partial charge >= 0.3 is 18.3 Å². The summed E-state index contributed by atoms with van der Waals surface area (Å²) in [6.07, 6.45) is -10.7. The Balaban J connectivity index is 2.55. The molecule has 0 radical (unpaired) electrons. The number of aromatic nitrogens is 2. The predicted octanol–water partition coefficient (Wildman–Crippen LogP) is 4.28. The molecule has 0 saturated carbocycles. The number of aryl methyl sites for hydroxylation is 1. The number of nitrogens with zero attached hydrogens (tertiary/aromatic N) is 3. The van der Waals surface area contributed by atoms with Gasteiger partial charge in [0.15, 0.2) is 0 Å². The summed E-state index contributed by atoms with van der Waals surface area (Å²) in [6.45, 7) is 0. The quantitative estimate of drug-likeness (QED) is 0.679. The highest BCUT2D eigenvalue weighted by Gasteiger charge is 2.60. The van der Waals surface area contributed by atoms with E-state index < -0.39 is 45.4 Å². The second-order valence-corrected chi connectivity index (χ2v) is 6.96. The Labute approximate surface area is 154 Å². The maximum atomic E-state index is 13.5. The average Bonchev–Trinajstić information content (AvgIpc) is 2.94. The second-order valence-electron chi connectivity index (χ2n) is 5.54. The first kappa shape index (κ1) is 21.8. The van der Waals surface area contributed by atoms with Crippen LogP contribution in [0.25, 0.3) is 11.3 Å². The summed E-state index contributed by atoms with van der Waals surface area (Å²) in [5.41, 5.74) is -2.40. The van der Waals surface area contributed by atoms with Crippen LogP contribution in [0.15, 0.2) is 29.2 Å². The van der Waals surface area contributed by atoms with Crippen molar-refractivity contribution in [1.29, 1.82) is 5.26 Å². The van der Waals surface area contributed by atoms with Crippen LogP contribution in [0, 0.1) is 11.3 Å². The smallest absolute Gasteiger partial charge is 0.267 e. The van der Waals surface area contributed by atoms with Gasteiger partial charge in [0.2, 0.25) is 0 Å². The fourth-order valence-corrected chi connectivity index (χ4v) is 3.30. The van der Waals surface area contributed by atoms with Crippen LogP contribution in [0.2, 0.25) is 0 Å². The minimum atomic E-state index is -5.90. The lowest BCUT2D eigenvalue weighted by Gasteiger charge is -2.16. The largest absolute Gasteiger partial charge is 0.459 e. The van der Waals surface area contributed by atoms with Crippen LogP contribution in [-0.4, -0.2) is 32.1 Å². The first-order valence-electron chi connectivity index (χ1n) is 7.16. The Morgan fingerprint density at radius 3 is 2.21 bits per heavy atom. The molecule has 1 aromatic carbocycles. The van der Waals surface area contributed by atoms with Crippen molar-refractivity contribution >= 4 is 10.8 Å². The van der Waals surface area contributed by atoms with Gasteiger partial charge in [0.1, 0.15) is 17.5 Å². The average molecular weight is 431 g/mol. The van der Waals surface area contributed by atoms with E-state index in [0.717, 1.165) is 25.2 Å². The van der Waals surface area contributed by atoms with Gasteiger partial charge in [-0.3, -0.25) is 8.89 Å². The van der Waals surface area contributed by atoms with Crippen molar-refractivity contribution in [3.63, 3.8) is 0 Å². The molecule has 0 saturated heterocycles. The lowest BCUT2D eigenvalue weighted by atomic mass is 10.1. The van der Waals surface area contributed by atoms with Crippen LogP contribution in [-0.2, 0) is 23.8 Å². The molecule has 0 aliphatic carbocycles. The van der Waals surface area contributed by atoms with Gasteiger partial charge in [0.05, 0.1) is 27.0 Å². The molecule has 1 heterocycles. The van der Waals surface area contributed by atoms with Crippen molar-refractivity contribution in [2.45, 2.75) is 23.2 Å². The van der Waals surface area contributed by atoms with Crippen molar-refractivity contribution in [2.24, 2.45) is 7.05 Å². The zero-order valence-corrected chi connectivity index (χ0v) is 14.5. The number of nitriles is 1. The molecule has 0 bridgehead atoms. The predicted molar refractivity (Wildman–Crippen MR) is 80.6 cm³/mol. The van der Waals surface area contributed by atoms with Crippen LogP contribution in [0.5, 0.6) is 0 Å². The third-order valence-corrected chi connectivity index (χ3v) is 4.91. The zero-order chi connectivity index (χ0) is 21.5. The molecule has 0 fully saturated rings. The highest BCUT2D eigenvalue weighted by molar-refractivity contribution is 7.85. The van der Waals surface area contributed by atoms with Gasteiger partial charge in [0.25, 0.3) is 0 Å². The molecule has 0 aliphatic rings. The van der Waals surface area contributed by atoms with E-state index in [1.807, 2.05) is 0 Å². The van der Waals surface area contributed by atoms with E-state index in [1.54, 1.807) is 6.07 Å². The molecule has 1 atom stereocenters. The van der Waals surface area contributed by atoms with E-state index in [0.29, 0.717) is 10.7 Å². The molecule has 2 rings (SSSR count). The van der Waals surface area contributed by atoms with Crippen molar-refractivity contribution in [1.82, 2.24) is 9.78 Å². The van der Waals surface area contributed by atoms with Gasteiger partial charge in [-0.25, -0.2) is 0 Å². The monoisotopic (exact) mass is 431 g/mol. The summed E-state index contributed by atoms with van der Waals surface area (Å²) in [4.78, 5) is -0.525. The number of alkyl halides is 8. The highest BCUT2D eigenvalue weighted by atomic mass is 32.2. The van der Waals surface area contributed by atoms with Crippen molar-refractivity contribution < 1.29 is 39.3 Å². The van der Waals surface area contributed by atoms with Gasteiger partial charge in [-0.2, -0.15) is 45.5 Å². The van der Waals surface area contributed by atoms with Crippen LogP contribution >= 0.6 is 0 Å². The molecule has 0 aliphatic heterocycles. The Morgan fingerprint density at radius 2 is 1.71 bits per heavy atom. The molecule has 152 valence electrons. The summed E-state index contributed by atoms with van der Waals surface area (Å²) in [5.74, 6) is -7.01. The van der Waals surface area contributed by atoms with E-state index in [-0.39, 0.29) is 16.8 Å². The molecule has 0 N–H and O–H groups in total. The molecule has 4 nitrogen and oxygen atoms in total. The van der Waals surface area contributed by atoms with E-state index >= 15 is 0 Å². The molecular weight excluding hydrogens is 422 g/mol. The van der Waals surface area contributed by atoms with Crippen LogP contribution in [0.1, 0.15) is 11.3 Å². The maximum Gasteiger partial charge on any atom is 0.459 e. The third kappa shape index (κ3) is 4.32. The molecule has 0 amide bonds. The van der Waals surface area contributed by atoms with E-state index in [1.165, 1.54) is 0 Å². The first-order chi connectivity index (χ1) is 12.7. The lowest BCUT2D eigenvalue weighted by Crippen LogP contribution is -2.34. The zero-order valence-electron chi connectivity index (χ0n) is 13.7. The fourth-order valence-electron chi connectivity index (χ4n) is 2.22. The van der Waals surface area contributed by atoms with Gasteiger partial charge in [-0.15, -0.1) is 0 Å². The Bertz CT molecular complexity index is 956. The van der Waals surface area contributed by atoms with E-state index in [4.69, 9.17) is 5.26 Å². The van der Waals surface area contributed by atoms with Gasteiger partial charge in [-0.1, -0.05) is 6.07 Å². The Kier molecular flexibility index (Phi) is 5.57. The molecule has 2 aromatic rings. The number of rotatable bonds is 4. The van der Waals surface area contributed by atoms with Gasteiger partial charge in [-0.05, 0) is 18.2 Å². The topological polar surface area (TPSA) is 58.7 Å². The highest BCUT2D eigenvalue weighted by Crippen LogP contribution is 2.44. The molecule has 13 heteroatoms. The Hall–Kier alpha value is -2.49. The number of hydrogen-bond donors (Lipinski definition) is 0. The fraction of sp³-hybridized carbons (Fsp3) is 0.333. The summed E-state index contributed by atoms with van der Waals surface area (Å²) in [5, 5.41) is 12.1. The summed E-state index contributed by atoms with van der Waals surface area (Å²) in [6, 6.07) is 4.95. The maximum absolute atomic E-state index is 13.5. The minimum absolute atomic E-state index is 0.135. The van der Waals surface area contributed by atoms with Crippen LogP contribution < -0.4 is 0 Å². The molecule has 0 spiro atoms. The lowest BCUT2D eigenvalue weighted by molar-refractivity contribution is -0.291. The number of benzene rings is 1. The summed E-state index contributed by atoms with van der Waals surface area (Å²) >= 11 is 0. The van der Waals surface area contributed by atoms with Crippen LogP contribution in [0.3, 0.4) is 0 Å². The second kappa shape index (κ2) is 7.16. The SMILES string of the molecule is Cn1nc(C(F)(F)C(F)(F)F)cc1-c1ccc(C#N)c(S(=O)CC(F)(F)F)c1. The molecule has 1 aromatic heterocycles. The van der Waals surface area contributed by atoms with Gasteiger partial charge in [0, 0.05) is 12.6 Å². The first-order valence-corrected chi connectivity index (χ1v) is 8.48. The van der Waals surface area contributed by atoms with E-state index in [2.05, 4.69) is 5.10 Å². The van der Waals surface area contributed by atoms with Crippen molar-refractivity contribution in [3.8, 4) is 17.3 Å². The summed E-state index contributed by atoms with van der Waals surface area (Å²) in [7, 11) is -1.63. The molecule has 1 unspecified atom stereocenters.